The van der Waals surface area contributed by atoms with Crippen molar-refractivity contribution in [2.75, 3.05) is 6.61 Å². The lowest BCUT2D eigenvalue weighted by molar-refractivity contribution is -0.137. The summed E-state index contributed by atoms with van der Waals surface area (Å²) in [6, 6.07) is 11.5. The van der Waals surface area contributed by atoms with Gasteiger partial charge in [-0.3, -0.25) is 0 Å². The van der Waals surface area contributed by atoms with Crippen molar-refractivity contribution >= 4 is 17.9 Å². The SMILES string of the molecule is CC(C)CCOc1ccc(C=C2N=C(c3ccc(C(F)(F)F)cc3)OC2=O)cc1. The molecule has 2 aromatic rings. The van der Waals surface area contributed by atoms with Crippen LogP contribution in [0, 0.1) is 5.92 Å². The second-order valence-electron chi connectivity index (χ2n) is 7.01. The normalized spacial score (nSPS) is 15.6. The highest BCUT2D eigenvalue weighted by molar-refractivity contribution is 6.12. The van der Waals surface area contributed by atoms with Gasteiger partial charge < -0.3 is 9.47 Å². The number of carbonyl (C=O) groups excluding carboxylic acids is 1. The number of cyclic esters (lactones) is 1. The molecule has 0 spiro atoms. The van der Waals surface area contributed by atoms with E-state index < -0.39 is 17.7 Å². The third-order valence-corrected chi connectivity index (χ3v) is 4.23. The van der Waals surface area contributed by atoms with E-state index in [4.69, 9.17) is 9.47 Å². The van der Waals surface area contributed by atoms with Gasteiger partial charge in [-0.2, -0.15) is 13.2 Å². The number of nitrogens with zero attached hydrogens (tertiary/aromatic N) is 1. The van der Waals surface area contributed by atoms with Gasteiger partial charge in [-0.1, -0.05) is 26.0 Å². The van der Waals surface area contributed by atoms with Gasteiger partial charge in [0.2, 0.25) is 5.90 Å². The van der Waals surface area contributed by atoms with Crippen molar-refractivity contribution < 1.29 is 27.4 Å². The van der Waals surface area contributed by atoms with Crippen LogP contribution in [0.15, 0.2) is 59.2 Å². The molecule has 0 radical (unpaired) electrons. The van der Waals surface area contributed by atoms with Crippen LogP contribution in [0.3, 0.4) is 0 Å². The van der Waals surface area contributed by atoms with E-state index in [0.717, 1.165) is 29.9 Å². The van der Waals surface area contributed by atoms with Crippen molar-refractivity contribution in [3.8, 4) is 5.75 Å². The van der Waals surface area contributed by atoms with Crippen LogP contribution in [0.5, 0.6) is 5.75 Å². The highest BCUT2D eigenvalue weighted by Gasteiger charge is 2.31. The third kappa shape index (κ3) is 5.47. The van der Waals surface area contributed by atoms with Crippen LogP contribution >= 0.6 is 0 Å². The molecule has 0 amide bonds. The van der Waals surface area contributed by atoms with Crippen molar-refractivity contribution in [1.29, 1.82) is 0 Å². The minimum Gasteiger partial charge on any atom is -0.494 e. The van der Waals surface area contributed by atoms with Crippen molar-refractivity contribution in [3.63, 3.8) is 0 Å². The van der Waals surface area contributed by atoms with E-state index in [9.17, 15) is 18.0 Å². The average molecular weight is 403 g/mol. The fourth-order valence-corrected chi connectivity index (χ4v) is 2.57. The highest BCUT2D eigenvalue weighted by atomic mass is 19.4. The topological polar surface area (TPSA) is 47.9 Å². The molecular weight excluding hydrogens is 383 g/mol. The Morgan fingerprint density at radius 2 is 1.72 bits per heavy atom. The van der Waals surface area contributed by atoms with Gasteiger partial charge in [-0.15, -0.1) is 0 Å². The fourth-order valence-electron chi connectivity index (χ4n) is 2.57. The lowest BCUT2D eigenvalue weighted by atomic mass is 10.1. The second-order valence-corrected chi connectivity index (χ2v) is 7.01. The summed E-state index contributed by atoms with van der Waals surface area (Å²) in [5, 5.41) is 0. The number of hydrogen-bond donors (Lipinski definition) is 0. The molecule has 1 aliphatic rings. The summed E-state index contributed by atoms with van der Waals surface area (Å²) in [4.78, 5) is 16.2. The van der Waals surface area contributed by atoms with Gasteiger partial charge in [0, 0.05) is 5.56 Å². The van der Waals surface area contributed by atoms with Crippen molar-refractivity contribution in [3.05, 3.63) is 70.9 Å². The summed E-state index contributed by atoms with van der Waals surface area (Å²) in [5.41, 5.74) is 0.320. The van der Waals surface area contributed by atoms with Gasteiger partial charge in [0.1, 0.15) is 5.75 Å². The number of ether oxygens (including phenoxy) is 2. The molecule has 7 heteroatoms. The summed E-state index contributed by atoms with van der Waals surface area (Å²) < 4.78 is 48.7. The Hall–Kier alpha value is -3.09. The first-order valence-corrected chi connectivity index (χ1v) is 9.15. The smallest absolute Gasteiger partial charge is 0.416 e. The predicted molar refractivity (Wildman–Crippen MR) is 103 cm³/mol. The average Bonchev–Trinajstić information content (AvgIpc) is 3.03. The van der Waals surface area contributed by atoms with E-state index in [0.29, 0.717) is 18.1 Å². The van der Waals surface area contributed by atoms with Crippen LogP contribution in [-0.4, -0.2) is 18.5 Å². The largest absolute Gasteiger partial charge is 0.494 e. The van der Waals surface area contributed by atoms with E-state index in [-0.39, 0.29) is 11.6 Å². The van der Waals surface area contributed by atoms with Gasteiger partial charge in [-0.05, 0) is 60.4 Å². The second kappa shape index (κ2) is 8.51. The molecule has 1 heterocycles. The monoisotopic (exact) mass is 403 g/mol. The highest BCUT2D eigenvalue weighted by Crippen LogP contribution is 2.29. The summed E-state index contributed by atoms with van der Waals surface area (Å²) in [6.45, 7) is 4.88. The molecule has 0 fully saturated rings. The molecule has 0 bridgehead atoms. The molecule has 0 atom stereocenters. The number of hydrogen-bond acceptors (Lipinski definition) is 4. The van der Waals surface area contributed by atoms with Crippen molar-refractivity contribution in [2.24, 2.45) is 10.9 Å². The summed E-state index contributed by atoms with van der Waals surface area (Å²) >= 11 is 0. The Bertz CT molecular complexity index is 927. The van der Waals surface area contributed by atoms with E-state index in [2.05, 4.69) is 18.8 Å². The van der Waals surface area contributed by atoms with Gasteiger partial charge in [-0.25, -0.2) is 9.79 Å². The van der Waals surface area contributed by atoms with Crippen LogP contribution < -0.4 is 4.74 Å². The quantitative estimate of drug-likeness (QED) is 0.474. The van der Waals surface area contributed by atoms with Crippen LogP contribution in [0.2, 0.25) is 0 Å². The molecule has 1 aliphatic heterocycles. The Labute approximate surface area is 166 Å². The number of benzene rings is 2. The zero-order valence-corrected chi connectivity index (χ0v) is 16.0. The summed E-state index contributed by atoms with van der Waals surface area (Å²) in [5.74, 6) is 0.612. The molecule has 3 rings (SSSR count). The van der Waals surface area contributed by atoms with Gasteiger partial charge in [0.05, 0.1) is 12.2 Å². The van der Waals surface area contributed by atoms with E-state index in [1.807, 2.05) is 0 Å². The van der Waals surface area contributed by atoms with Crippen LogP contribution in [0.4, 0.5) is 13.2 Å². The van der Waals surface area contributed by atoms with Crippen LogP contribution in [-0.2, 0) is 15.7 Å². The molecule has 152 valence electrons. The van der Waals surface area contributed by atoms with E-state index in [1.54, 1.807) is 30.3 Å². The predicted octanol–water partition coefficient (Wildman–Crippen LogP) is 5.47. The fraction of sp³-hybridized carbons (Fsp3) is 0.273. The number of alkyl halides is 3. The van der Waals surface area contributed by atoms with Crippen LogP contribution in [0.1, 0.15) is 37.0 Å². The summed E-state index contributed by atoms with van der Waals surface area (Å²) in [6.07, 6.45) is -1.92. The molecule has 0 unspecified atom stereocenters. The van der Waals surface area contributed by atoms with Crippen molar-refractivity contribution in [2.45, 2.75) is 26.4 Å². The molecular formula is C22H20F3NO3. The van der Waals surface area contributed by atoms with Gasteiger partial charge in [0.15, 0.2) is 5.70 Å². The molecule has 0 aromatic heterocycles. The molecule has 0 saturated carbocycles. The van der Waals surface area contributed by atoms with E-state index >= 15 is 0 Å². The Morgan fingerprint density at radius 3 is 2.31 bits per heavy atom. The maximum atomic E-state index is 12.7. The number of rotatable bonds is 6. The Morgan fingerprint density at radius 1 is 1.07 bits per heavy atom. The molecule has 2 aromatic carbocycles. The lowest BCUT2D eigenvalue weighted by Gasteiger charge is -2.08. The third-order valence-electron chi connectivity index (χ3n) is 4.23. The molecule has 4 nitrogen and oxygen atoms in total. The van der Waals surface area contributed by atoms with E-state index in [1.165, 1.54) is 12.1 Å². The minimum atomic E-state index is -4.43. The minimum absolute atomic E-state index is 0.0244. The van der Waals surface area contributed by atoms with Gasteiger partial charge in [0.25, 0.3) is 0 Å². The van der Waals surface area contributed by atoms with Crippen LogP contribution in [0.25, 0.3) is 6.08 Å². The first-order chi connectivity index (χ1) is 13.7. The van der Waals surface area contributed by atoms with Gasteiger partial charge >= 0.3 is 12.1 Å². The molecule has 29 heavy (non-hydrogen) atoms. The zero-order valence-electron chi connectivity index (χ0n) is 16.0. The first-order valence-electron chi connectivity index (χ1n) is 9.15. The maximum Gasteiger partial charge on any atom is 0.416 e. The number of halogens is 3. The molecule has 0 saturated heterocycles. The lowest BCUT2D eigenvalue weighted by Crippen LogP contribution is -2.08. The Balaban J connectivity index is 1.71. The van der Waals surface area contributed by atoms with Crippen molar-refractivity contribution in [1.82, 2.24) is 0 Å². The summed E-state index contributed by atoms with van der Waals surface area (Å²) in [7, 11) is 0. The standard InChI is InChI=1S/C22H20F3NO3/c1-14(2)11-12-28-18-9-3-15(4-10-18)13-19-21(27)29-20(26-19)16-5-7-17(8-6-16)22(23,24)25/h3-10,13-14H,11-12H2,1-2H3. The maximum absolute atomic E-state index is 12.7. The Kier molecular flexibility index (Phi) is 6.06. The number of esters is 1. The number of aliphatic imine (C=N–C) groups is 1. The first kappa shape index (κ1) is 20.6. The zero-order chi connectivity index (χ0) is 21.0. The molecule has 0 aliphatic carbocycles. The molecule has 0 N–H and O–H groups in total. The number of carbonyl (C=O) groups is 1.